The van der Waals surface area contributed by atoms with Crippen LogP contribution in [0.25, 0.3) is 22.3 Å². The van der Waals surface area contributed by atoms with Gasteiger partial charge in [0.15, 0.2) is 0 Å². The molecule has 0 radical (unpaired) electrons. The molecule has 1 aliphatic rings. The topological polar surface area (TPSA) is 97.2 Å². The summed E-state index contributed by atoms with van der Waals surface area (Å²) in [7, 11) is 0. The number of hydrogen-bond donors (Lipinski definition) is 1. The molecule has 0 unspecified atom stereocenters. The number of para-hydroxylation sites is 1. The van der Waals surface area contributed by atoms with Crippen LogP contribution in [-0.2, 0) is 4.79 Å². The zero-order chi connectivity index (χ0) is 24.2. The summed E-state index contributed by atoms with van der Waals surface area (Å²) in [6, 6.07) is 18.6. The fraction of sp³-hybridized carbons (Fsp3) is 0.0800. The summed E-state index contributed by atoms with van der Waals surface area (Å²) in [6.07, 6.45) is 4.90. The van der Waals surface area contributed by atoms with Crippen LogP contribution in [0, 0.1) is 0 Å². The second-order valence-electron chi connectivity index (χ2n) is 7.52. The molecule has 1 aromatic carbocycles. The predicted octanol–water partition coefficient (Wildman–Crippen LogP) is 4.46. The van der Waals surface area contributed by atoms with Crippen LogP contribution in [0.3, 0.4) is 0 Å². The maximum absolute atomic E-state index is 13.1. The molecule has 0 bridgehead atoms. The number of aromatic nitrogens is 3. The Morgan fingerprint density at radius 1 is 1.06 bits per heavy atom. The summed E-state index contributed by atoms with van der Waals surface area (Å²) in [6.45, 7) is 0.184. The molecule has 1 fully saturated rings. The van der Waals surface area contributed by atoms with E-state index in [0.717, 1.165) is 32.8 Å². The molecule has 3 amide bonds. The lowest BCUT2D eigenvalue weighted by atomic mass is 10.2. The molecule has 35 heavy (non-hydrogen) atoms. The standard InChI is InChI=1S/C25H19N5O3S2/c31-23(20-15-19(21-9-5-13-34-21)28-30(20)18-7-2-1-3-8-18)27-11-12-29-24(32)22(35-25(29)33)14-17-6-4-10-26-16-17/h1-10,13-16H,11-12H2,(H,27,31)/b22-14-. The number of benzene rings is 1. The van der Waals surface area contributed by atoms with E-state index in [9.17, 15) is 14.4 Å². The van der Waals surface area contributed by atoms with Crippen molar-refractivity contribution in [3.05, 3.63) is 94.6 Å². The Balaban J connectivity index is 1.29. The van der Waals surface area contributed by atoms with Crippen LogP contribution >= 0.6 is 23.1 Å². The maximum Gasteiger partial charge on any atom is 0.293 e. The van der Waals surface area contributed by atoms with E-state index in [2.05, 4.69) is 15.4 Å². The fourth-order valence-electron chi connectivity index (χ4n) is 3.53. The van der Waals surface area contributed by atoms with Gasteiger partial charge < -0.3 is 5.32 Å². The van der Waals surface area contributed by atoms with E-state index in [1.807, 2.05) is 53.9 Å². The zero-order valence-corrected chi connectivity index (χ0v) is 20.0. The first-order chi connectivity index (χ1) is 17.1. The SMILES string of the molecule is O=C(NCCN1C(=O)S/C(=C\c2cccnc2)C1=O)c1cc(-c2cccs2)nn1-c1ccccc1. The van der Waals surface area contributed by atoms with E-state index in [-0.39, 0.29) is 30.1 Å². The van der Waals surface area contributed by atoms with Gasteiger partial charge in [0.05, 0.1) is 15.5 Å². The Morgan fingerprint density at radius 3 is 2.66 bits per heavy atom. The van der Waals surface area contributed by atoms with Crippen LogP contribution in [0.15, 0.2) is 83.3 Å². The number of nitrogens with one attached hydrogen (secondary N) is 1. The number of imide groups is 1. The van der Waals surface area contributed by atoms with Gasteiger partial charge >= 0.3 is 0 Å². The van der Waals surface area contributed by atoms with Gasteiger partial charge in [-0.15, -0.1) is 11.3 Å². The molecule has 3 aromatic heterocycles. The summed E-state index contributed by atoms with van der Waals surface area (Å²) in [4.78, 5) is 44.6. The van der Waals surface area contributed by atoms with E-state index in [0.29, 0.717) is 16.3 Å². The average Bonchev–Trinajstić information content (AvgIpc) is 3.62. The molecular formula is C25H19N5O3S2. The van der Waals surface area contributed by atoms with Gasteiger partial charge in [0.25, 0.3) is 17.1 Å². The van der Waals surface area contributed by atoms with Gasteiger partial charge in [0, 0.05) is 25.5 Å². The van der Waals surface area contributed by atoms with Crippen molar-refractivity contribution in [2.75, 3.05) is 13.1 Å². The van der Waals surface area contributed by atoms with Crippen LogP contribution in [0.1, 0.15) is 16.1 Å². The molecule has 1 N–H and O–H groups in total. The third-order valence-electron chi connectivity index (χ3n) is 5.19. The Kier molecular flexibility index (Phi) is 6.55. The lowest BCUT2D eigenvalue weighted by Crippen LogP contribution is -2.37. The molecule has 1 saturated heterocycles. The molecule has 0 atom stereocenters. The van der Waals surface area contributed by atoms with Gasteiger partial charge in [-0.3, -0.25) is 24.3 Å². The first-order valence-corrected chi connectivity index (χ1v) is 12.4. The van der Waals surface area contributed by atoms with Crippen molar-refractivity contribution in [1.82, 2.24) is 25.0 Å². The van der Waals surface area contributed by atoms with E-state index in [1.54, 1.807) is 46.6 Å². The first-order valence-electron chi connectivity index (χ1n) is 10.7. The Hall–Kier alpha value is -4.02. The third-order valence-corrected chi connectivity index (χ3v) is 6.99. The molecule has 174 valence electrons. The second-order valence-corrected chi connectivity index (χ2v) is 9.46. The molecule has 10 heteroatoms. The van der Waals surface area contributed by atoms with Crippen molar-refractivity contribution in [2.24, 2.45) is 0 Å². The van der Waals surface area contributed by atoms with Gasteiger partial charge in [-0.2, -0.15) is 5.10 Å². The molecule has 4 heterocycles. The number of hydrogen-bond acceptors (Lipinski definition) is 7. The average molecular weight is 502 g/mol. The number of pyridine rings is 1. The van der Waals surface area contributed by atoms with E-state index in [1.165, 1.54) is 0 Å². The summed E-state index contributed by atoms with van der Waals surface area (Å²) in [5.74, 6) is -0.727. The Morgan fingerprint density at radius 2 is 1.91 bits per heavy atom. The second kappa shape index (κ2) is 10.1. The number of amides is 3. The number of carbonyl (C=O) groups excluding carboxylic acids is 3. The highest BCUT2D eigenvalue weighted by Crippen LogP contribution is 2.31. The highest BCUT2D eigenvalue weighted by molar-refractivity contribution is 8.18. The lowest BCUT2D eigenvalue weighted by Gasteiger charge is -2.13. The van der Waals surface area contributed by atoms with E-state index in [4.69, 9.17) is 0 Å². The summed E-state index contributed by atoms with van der Waals surface area (Å²) >= 11 is 2.42. The fourth-order valence-corrected chi connectivity index (χ4v) is 5.08. The summed E-state index contributed by atoms with van der Waals surface area (Å²) in [5, 5.41) is 9.04. The zero-order valence-electron chi connectivity index (χ0n) is 18.3. The van der Waals surface area contributed by atoms with Crippen LogP contribution in [0.2, 0.25) is 0 Å². The summed E-state index contributed by atoms with van der Waals surface area (Å²) < 4.78 is 1.60. The smallest absolute Gasteiger partial charge is 0.293 e. The minimum atomic E-state index is -0.382. The van der Waals surface area contributed by atoms with Crippen molar-refractivity contribution >= 4 is 46.2 Å². The van der Waals surface area contributed by atoms with E-state index >= 15 is 0 Å². The predicted molar refractivity (Wildman–Crippen MR) is 136 cm³/mol. The van der Waals surface area contributed by atoms with Crippen molar-refractivity contribution in [3.8, 4) is 16.3 Å². The first kappa shape index (κ1) is 22.8. The highest BCUT2D eigenvalue weighted by atomic mass is 32.2. The van der Waals surface area contributed by atoms with Crippen LogP contribution in [0.4, 0.5) is 4.79 Å². The highest BCUT2D eigenvalue weighted by Gasteiger charge is 2.34. The minimum Gasteiger partial charge on any atom is -0.349 e. The number of thioether (sulfide) groups is 1. The number of carbonyl (C=O) groups is 3. The van der Waals surface area contributed by atoms with Crippen molar-refractivity contribution in [3.63, 3.8) is 0 Å². The largest absolute Gasteiger partial charge is 0.349 e. The third kappa shape index (κ3) is 4.93. The van der Waals surface area contributed by atoms with Gasteiger partial charge in [0.1, 0.15) is 11.4 Å². The Labute approximate surface area is 209 Å². The molecule has 0 spiro atoms. The van der Waals surface area contributed by atoms with Crippen molar-refractivity contribution in [2.45, 2.75) is 0 Å². The van der Waals surface area contributed by atoms with Gasteiger partial charge in [-0.25, -0.2) is 4.68 Å². The van der Waals surface area contributed by atoms with Crippen LogP contribution in [-0.4, -0.2) is 49.8 Å². The van der Waals surface area contributed by atoms with Crippen LogP contribution in [0.5, 0.6) is 0 Å². The van der Waals surface area contributed by atoms with Crippen molar-refractivity contribution in [1.29, 1.82) is 0 Å². The molecule has 4 aromatic rings. The van der Waals surface area contributed by atoms with Gasteiger partial charge in [-0.05, 0) is 59.1 Å². The molecule has 0 aliphatic carbocycles. The minimum absolute atomic E-state index is 0.0675. The quantitative estimate of drug-likeness (QED) is 0.376. The lowest BCUT2D eigenvalue weighted by molar-refractivity contribution is -0.122. The molecule has 0 saturated carbocycles. The van der Waals surface area contributed by atoms with Gasteiger partial charge in [0.2, 0.25) is 0 Å². The molecule has 5 rings (SSSR count). The number of nitrogens with zero attached hydrogens (tertiary/aromatic N) is 4. The molecule has 8 nitrogen and oxygen atoms in total. The van der Waals surface area contributed by atoms with Crippen LogP contribution < -0.4 is 5.32 Å². The maximum atomic E-state index is 13.1. The number of rotatable bonds is 7. The van der Waals surface area contributed by atoms with E-state index < -0.39 is 0 Å². The summed E-state index contributed by atoms with van der Waals surface area (Å²) in [5.41, 5.74) is 2.56. The molecular weight excluding hydrogens is 482 g/mol. The molecule has 1 aliphatic heterocycles. The van der Waals surface area contributed by atoms with Crippen molar-refractivity contribution < 1.29 is 14.4 Å². The van der Waals surface area contributed by atoms with Gasteiger partial charge in [-0.1, -0.05) is 30.3 Å². The normalized spacial score (nSPS) is 14.6. The monoisotopic (exact) mass is 501 g/mol. The number of thiophene rings is 1. The Bertz CT molecular complexity index is 1400.